The summed E-state index contributed by atoms with van der Waals surface area (Å²) in [5.74, 6) is 0.443. The molecule has 4 rings (SSSR count). The lowest BCUT2D eigenvalue weighted by Gasteiger charge is -2.18. The molecule has 0 aliphatic carbocycles. The fraction of sp³-hybridized carbons (Fsp3) is 0.100. The maximum Gasteiger partial charge on any atom is 0.139 e. The van der Waals surface area contributed by atoms with Gasteiger partial charge in [-0.3, -0.25) is 5.41 Å². The molecule has 0 amide bonds. The lowest BCUT2D eigenvalue weighted by Crippen LogP contribution is -2.26. The first-order valence-corrected chi connectivity index (χ1v) is 9.36. The van der Waals surface area contributed by atoms with Crippen molar-refractivity contribution < 1.29 is 5.11 Å². The van der Waals surface area contributed by atoms with E-state index in [0.717, 1.165) is 22.5 Å². The van der Waals surface area contributed by atoms with Crippen molar-refractivity contribution in [1.82, 2.24) is 4.98 Å². The molecule has 0 fully saturated rings. The highest BCUT2D eigenvalue weighted by Gasteiger charge is 2.31. The van der Waals surface area contributed by atoms with Crippen molar-refractivity contribution in [3.05, 3.63) is 75.3 Å². The van der Waals surface area contributed by atoms with Gasteiger partial charge in [-0.15, -0.1) is 11.3 Å². The number of benzene rings is 2. The Morgan fingerprint density at radius 2 is 1.96 bits per heavy atom. The molecular formula is C20H16ClN3OS. The Labute approximate surface area is 160 Å². The highest BCUT2D eigenvalue weighted by Crippen LogP contribution is 2.34. The molecule has 0 bridgehead atoms. The van der Waals surface area contributed by atoms with E-state index < -0.39 is 0 Å². The summed E-state index contributed by atoms with van der Waals surface area (Å²) >= 11 is 7.36. The summed E-state index contributed by atoms with van der Waals surface area (Å²) in [6.07, 6.45) is 0. The number of aryl methyl sites for hydroxylation is 1. The van der Waals surface area contributed by atoms with Crippen LogP contribution < -0.4 is 4.90 Å². The lowest BCUT2D eigenvalue weighted by molar-refractivity contribution is 0.411. The molecule has 2 heterocycles. The maximum absolute atomic E-state index is 10.5. The number of amidine groups is 1. The fourth-order valence-electron chi connectivity index (χ4n) is 2.96. The molecular weight excluding hydrogens is 366 g/mol. The lowest BCUT2D eigenvalue weighted by atomic mass is 10.2. The standard InChI is InChI=1S/C20H16ClN3OS/c1-12-3-2-4-15(9-12)24-10-17(25)18(19(24)22)20-23-16(11-26-20)13-5-7-14(21)8-6-13/h2-9,11,22,25H,10H2,1H3. The van der Waals surface area contributed by atoms with Gasteiger partial charge in [-0.2, -0.15) is 0 Å². The van der Waals surface area contributed by atoms with Gasteiger partial charge in [0, 0.05) is 21.7 Å². The van der Waals surface area contributed by atoms with Gasteiger partial charge in [-0.25, -0.2) is 4.98 Å². The predicted octanol–water partition coefficient (Wildman–Crippen LogP) is 5.54. The largest absolute Gasteiger partial charge is 0.510 e. The minimum atomic E-state index is 0.175. The second kappa shape index (κ2) is 6.59. The van der Waals surface area contributed by atoms with E-state index in [1.165, 1.54) is 11.3 Å². The quantitative estimate of drug-likeness (QED) is 0.626. The molecule has 2 aromatic carbocycles. The molecule has 0 spiro atoms. The summed E-state index contributed by atoms with van der Waals surface area (Å²) < 4.78 is 0. The molecule has 0 saturated carbocycles. The molecule has 2 N–H and O–H groups in total. The zero-order valence-corrected chi connectivity index (χ0v) is 15.6. The van der Waals surface area contributed by atoms with E-state index in [-0.39, 0.29) is 18.1 Å². The second-order valence-corrected chi connectivity index (χ2v) is 7.43. The predicted molar refractivity (Wildman–Crippen MR) is 108 cm³/mol. The van der Waals surface area contributed by atoms with Crippen molar-refractivity contribution in [1.29, 1.82) is 5.41 Å². The van der Waals surface area contributed by atoms with E-state index in [0.29, 0.717) is 15.6 Å². The highest BCUT2D eigenvalue weighted by atomic mass is 35.5. The normalized spacial score (nSPS) is 14.4. The summed E-state index contributed by atoms with van der Waals surface area (Å²) in [6.45, 7) is 2.30. The van der Waals surface area contributed by atoms with Gasteiger partial charge in [0.15, 0.2) is 0 Å². The molecule has 4 nitrogen and oxygen atoms in total. The summed E-state index contributed by atoms with van der Waals surface area (Å²) in [4.78, 5) is 6.42. The number of nitrogens with zero attached hydrogens (tertiary/aromatic N) is 2. The first-order valence-electron chi connectivity index (χ1n) is 8.10. The third-order valence-electron chi connectivity index (χ3n) is 4.27. The Morgan fingerprint density at radius 3 is 2.69 bits per heavy atom. The number of aliphatic hydroxyl groups excluding tert-OH is 1. The van der Waals surface area contributed by atoms with Crippen molar-refractivity contribution in [2.24, 2.45) is 0 Å². The van der Waals surface area contributed by atoms with Crippen molar-refractivity contribution in [3.8, 4) is 11.3 Å². The fourth-order valence-corrected chi connectivity index (χ4v) is 3.98. The smallest absolute Gasteiger partial charge is 0.139 e. The van der Waals surface area contributed by atoms with E-state index in [2.05, 4.69) is 4.98 Å². The Hall–Kier alpha value is -2.63. The van der Waals surface area contributed by atoms with Gasteiger partial charge in [0.2, 0.25) is 0 Å². The van der Waals surface area contributed by atoms with Gasteiger partial charge >= 0.3 is 0 Å². The van der Waals surface area contributed by atoms with E-state index in [4.69, 9.17) is 17.0 Å². The second-order valence-electron chi connectivity index (χ2n) is 6.14. The van der Waals surface area contributed by atoms with Crippen molar-refractivity contribution in [2.45, 2.75) is 6.92 Å². The summed E-state index contributed by atoms with van der Waals surface area (Å²) in [5, 5.41) is 22.3. The van der Waals surface area contributed by atoms with Crippen LogP contribution in [0.1, 0.15) is 10.6 Å². The van der Waals surface area contributed by atoms with Gasteiger partial charge in [-0.1, -0.05) is 35.9 Å². The van der Waals surface area contributed by atoms with Gasteiger partial charge in [0.05, 0.1) is 17.8 Å². The molecule has 0 radical (unpaired) electrons. The minimum absolute atomic E-state index is 0.175. The number of hydrogen-bond donors (Lipinski definition) is 2. The first-order chi connectivity index (χ1) is 12.5. The third-order valence-corrected chi connectivity index (χ3v) is 5.39. The monoisotopic (exact) mass is 381 g/mol. The summed E-state index contributed by atoms with van der Waals surface area (Å²) in [6, 6.07) is 15.4. The van der Waals surface area contributed by atoms with Crippen LogP contribution in [-0.2, 0) is 0 Å². The molecule has 3 aromatic rings. The number of nitrogens with one attached hydrogen (secondary N) is 1. The maximum atomic E-state index is 10.5. The van der Waals surface area contributed by atoms with Crippen LogP contribution in [0.25, 0.3) is 16.8 Å². The molecule has 6 heteroatoms. The molecule has 26 heavy (non-hydrogen) atoms. The van der Waals surface area contributed by atoms with Crippen molar-refractivity contribution >= 4 is 40.0 Å². The van der Waals surface area contributed by atoms with Gasteiger partial charge < -0.3 is 10.0 Å². The Morgan fingerprint density at radius 1 is 1.19 bits per heavy atom. The SMILES string of the molecule is Cc1cccc(N2CC(O)=C(c3nc(-c4ccc(Cl)cc4)cs3)C2=N)c1. The summed E-state index contributed by atoms with van der Waals surface area (Å²) in [7, 11) is 0. The molecule has 0 saturated heterocycles. The zero-order chi connectivity index (χ0) is 18.3. The third kappa shape index (κ3) is 3.00. The van der Waals surface area contributed by atoms with Crippen LogP contribution >= 0.6 is 22.9 Å². The zero-order valence-electron chi connectivity index (χ0n) is 14.0. The van der Waals surface area contributed by atoms with Crippen molar-refractivity contribution in [3.63, 3.8) is 0 Å². The summed E-state index contributed by atoms with van der Waals surface area (Å²) in [5.41, 5.74) is 4.27. The van der Waals surface area contributed by atoms with E-state index in [1.807, 2.05) is 60.8 Å². The van der Waals surface area contributed by atoms with Gasteiger partial charge in [-0.05, 0) is 36.8 Å². The topological polar surface area (TPSA) is 60.2 Å². The average molecular weight is 382 g/mol. The Kier molecular flexibility index (Phi) is 4.26. The van der Waals surface area contributed by atoms with Gasteiger partial charge in [0.25, 0.3) is 0 Å². The van der Waals surface area contributed by atoms with Crippen LogP contribution in [-0.4, -0.2) is 22.5 Å². The minimum Gasteiger partial charge on any atom is -0.510 e. The van der Waals surface area contributed by atoms with Gasteiger partial charge in [0.1, 0.15) is 16.6 Å². The number of anilines is 1. The average Bonchev–Trinajstić information content (AvgIpc) is 3.20. The van der Waals surface area contributed by atoms with Crippen LogP contribution in [0.4, 0.5) is 5.69 Å². The molecule has 130 valence electrons. The molecule has 1 aromatic heterocycles. The van der Waals surface area contributed by atoms with Crippen LogP contribution in [0, 0.1) is 12.3 Å². The molecule has 1 aliphatic heterocycles. The number of hydrogen-bond acceptors (Lipinski definition) is 4. The van der Waals surface area contributed by atoms with E-state index in [9.17, 15) is 5.11 Å². The number of halogens is 1. The molecule has 0 atom stereocenters. The number of rotatable bonds is 3. The number of aliphatic hydroxyl groups is 1. The van der Waals surface area contributed by atoms with E-state index in [1.54, 1.807) is 4.90 Å². The van der Waals surface area contributed by atoms with Crippen LogP contribution in [0.2, 0.25) is 5.02 Å². The van der Waals surface area contributed by atoms with E-state index >= 15 is 0 Å². The highest BCUT2D eigenvalue weighted by molar-refractivity contribution is 7.11. The number of thiazole rings is 1. The Balaban J connectivity index is 1.65. The van der Waals surface area contributed by atoms with Crippen molar-refractivity contribution in [2.75, 3.05) is 11.4 Å². The van der Waals surface area contributed by atoms with Crippen LogP contribution in [0.15, 0.2) is 59.7 Å². The van der Waals surface area contributed by atoms with Crippen LogP contribution in [0.5, 0.6) is 0 Å². The Bertz CT molecular complexity index is 1020. The first kappa shape index (κ1) is 16.8. The number of aromatic nitrogens is 1. The molecule has 0 unspecified atom stereocenters. The molecule has 1 aliphatic rings. The van der Waals surface area contributed by atoms with Crippen LogP contribution in [0.3, 0.4) is 0 Å².